The highest BCUT2D eigenvalue weighted by Gasteiger charge is 2.36. The monoisotopic (exact) mass is 290 g/mol. The van der Waals surface area contributed by atoms with Crippen molar-refractivity contribution in [2.24, 2.45) is 0 Å². The van der Waals surface area contributed by atoms with Gasteiger partial charge in [-0.25, -0.2) is 0 Å². The molecule has 0 saturated carbocycles. The van der Waals surface area contributed by atoms with Gasteiger partial charge in [-0.05, 0) is 37.7 Å². The average Bonchev–Trinajstić information content (AvgIpc) is 2.49. The van der Waals surface area contributed by atoms with E-state index in [0.717, 1.165) is 0 Å². The van der Waals surface area contributed by atoms with Gasteiger partial charge in [-0.15, -0.1) is 11.8 Å². The standard InChI is InChI=1S/C15H18N2O2S/c1-11-4-3-5-12(13(11)18)14(19)17-8-6-15(10-16,20-2)7-9-17/h3-5,18H,6-9H2,1-2H3. The van der Waals surface area contributed by atoms with Crippen LogP contribution in [0.4, 0.5) is 0 Å². The van der Waals surface area contributed by atoms with Crippen molar-refractivity contribution in [3.8, 4) is 11.8 Å². The third kappa shape index (κ3) is 2.61. The molecule has 0 aliphatic carbocycles. The van der Waals surface area contributed by atoms with Gasteiger partial charge in [0.2, 0.25) is 0 Å². The first-order chi connectivity index (χ1) is 9.53. The van der Waals surface area contributed by atoms with Crippen molar-refractivity contribution in [3.05, 3.63) is 29.3 Å². The molecular weight excluding hydrogens is 272 g/mol. The van der Waals surface area contributed by atoms with E-state index in [1.807, 2.05) is 6.26 Å². The van der Waals surface area contributed by atoms with Crippen LogP contribution in [0.3, 0.4) is 0 Å². The number of hydrogen-bond acceptors (Lipinski definition) is 4. The number of nitrogens with zero attached hydrogens (tertiary/aromatic N) is 2. The Kier molecular flexibility index (Phi) is 4.24. The number of rotatable bonds is 2. The van der Waals surface area contributed by atoms with Gasteiger partial charge in [0.1, 0.15) is 10.5 Å². The van der Waals surface area contributed by atoms with Crippen molar-refractivity contribution in [2.75, 3.05) is 19.3 Å². The Morgan fingerprint density at radius 1 is 1.45 bits per heavy atom. The predicted molar refractivity (Wildman–Crippen MR) is 79.8 cm³/mol. The lowest BCUT2D eigenvalue weighted by Gasteiger charge is -2.36. The van der Waals surface area contributed by atoms with E-state index in [2.05, 4.69) is 6.07 Å². The van der Waals surface area contributed by atoms with Crippen molar-refractivity contribution in [2.45, 2.75) is 24.5 Å². The molecule has 0 radical (unpaired) electrons. The highest BCUT2D eigenvalue weighted by atomic mass is 32.2. The van der Waals surface area contributed by atoms with Gasteiger partial charge in [0.25, 0.3) is 5.91 Å². The Morgan fingerprint density at radius 3 is 2.65 bits per heavy atom. The molecule has 0 atom stereocenters. The van der Waals surface area contributed by atoms with E-state index in [1.54, 1.807) is 41.8 Å². The molecule has 2 rings (SSSR count). The number of likely N-dealkylation sites (tertiary alicyclic amines) is 1. The molecule has 106 valence electrons. The summed E-state index contributed by atoms with van der Waals surface area (Å²) in [6.07, 6.45) is 3.28. The molecular formula is C15H18N2O2S. The second-order valence-corrected chi connectivity index (χ2v) is 6.26. The van der Waals surface area contributed by atoms with Crippen molar-refractivity contribution in [1.82, 2.24) is 4.90 Å². The SMILES string of the molecule is CSC1(C#N)CCN(C(=O)c2cccc(C)c2O)CC1. The lowest BCUT2D eigenvalue weighted by Crippen LogP contribution is -2.44. The molecule has 0 spiro atoms. The molecule has 0 aromatic heterocycles. The Bertz CT molecular complexity index is 557. The van der Waals surface area contributed by atoms with Crippen molar-refractivity contribution >= 4 is 17.7 Å². The summed E-state index contributed by atoms with van der Waals surface area (Å²) in [7, 11) is 0. The van der Waals surface area contributed by atoms with Gasteiger partial charge in [-0.2, -0.15) is 5.26 Å². The number of amides is 1. The zero-order valence-corrected chi connectivity index (χ0v) is 12.5. The van der Waals surface area contributed by atoms with Crippen molar-refractivity contribution < 1.29 is 9.90 Å². The van der Waals surface area contributed by atoms with Crippen LogP contribution in [0, 0.1) is 18.3 Å². The van der Waals surface area contributed by atoms with Crippen molar-refractivity contribution in [3.63, 3.8) is 0 Å². The fraction of sp³-hybridized carbons (Fsp3) is 0.467. The molecule has 1 aromatic carbocycles. The fourth-order valence-electron chi connectivity index (χ4n) is 2.43. The first-order valence-corrected chi connectivity index (χ1v) is 7.80. The number of piperidine rings is 1. The van der Waals surface area contributed by atoms with Crippen LogP contribution in [0.25, 0.3) is 0 Å². The molecule has 1 amide bonds. The molecule has 1 aromatic rings. The van der Waals surface area contributed by atoms with E-state index >= 15 is 0 Å². The minimum absolute atomic E-state index is 0.0551. The molecule has 0 unspecified atom stereocenters. The van der Waals surface area contributed by atoms with Crippen LogP contribution in [-0.2, 0) is 0 Å². The molecule has 1 saturated heterocycles. The molecule has 1 aliphatic rings. The van der Waals surface area contributed by atoms with Gasteiger partial charge in [0.05, 0.1) is 11.6 Å². The molecule has 1 aliphatic heterocycles. The zero-order chi connectivity index (χ0) is 14.8. The second kappa shape index (κ2) is 5.76. The minimum atomic E-state index is -0.370. The maximum atomic E-state index is 12.4. The Balaban J connectivity index is 2.13. The number of phenols is 1. The topological polar surface area (TPSA) is 64.3 Å². The largest absolute Gasteiger partial charge is 0.507 e. The van der Waals surface area contributed by atoms with E-state index in [0.29, 0.717) is 37.1 Å². The van der Waals surface area contributed by atoms with Gasteiger partial charge >= 0.3 is 0 Å². The maximum absolute atomic E-state index is 12.4. The number of benzene rings is 1. The Morgan fingerprint density at radius 2 is 2.10 bits per heavy atom. The number of carbonyl (C=O) groups excluding carboxylic acids is 1. The second-order valence-electron chi connectivity index (χ2n) is 5.07. The Labute approximate surface area is 123 Å². The van der Waals surface area contributed by atoms with Crippen LogP contribution >= 0.6 is 11.8 Å². The number of thioether (sulfide) groups is 1. The average molecular weight is 290 g/mol. The van der Waals surface area contributed by atoms with Crippen molar-refractivity contribution in [1.29, 1.82) is 5.26 Å². The zero-order valence-electron chi connectivity index (χ0n) is 11.7. The summed E-state index contributed by atoms with van der Waals surface area (Å²) in [5.41, 5.74) is 1.04. The smallest absolute Gasteiger partial charge is 0.257 e. The third-order valence-electron chi connectivity index (χ3n) is 3.92. The Hall–Kier alpha value is -1.67. The van der Waals surface area contributed by atoms with Gasteiger partial charge < -0.3 is 10.0 Å². The molecule has 5 heteroatoms. The molecule has 4 nitrogen and oxygen atoms in total. The minimum Gasteiger partial charge on any atom is -0.507 e. The number of phenolic OH excluding ortho intramolecular Hbond substituents is 1. The first kappa shape index (κ1) is 14.7. The molecule has 0 bridgehead atoms. The van der Waals surface area contributed by atoms with Crippen LogP contribution in [-0.4, -0.2) is 40.0 Å². The summed E-state index contributed by atoms with van der Waals surface area (Å²) >= 11 is 1.56. The summed E-state index contributed by atoms with van der Waals surface area (Å²) in [5.74, 6) is -0.0988. The summed E-state index contributed by atoms with van der Waals surface area (Å²) < 4.78 is -0.370. The molecule has 20 heavy (non-hydrogen) atoms. The molecule has 1 N–H and O–H groups in total. The summed E-state index contributed by atoms with van der Waals surface area (Å²) in [6, 6.07) is 7.55. The first-order valence-electron chi connectivity index (χ1n) is 6.57. The number of para-hydroxylation sites is 1. The van der Waals surface area contributed by atoms with Gasteiger partial charge in [-0.1, -0.05) is 12.1 Å². The van der Waals surface area contributed by atoms with Gasteiger partial charge in [0, 0.05) is 13.1 Å². The van der Waals surface area contributed by atoms with Gasteiger partial charge in [0.15, 0.2) is 0 Å². The van der Waals surface area contributed by atoms with E-state index < -0.39 is 0 Å². The summed E-state index contributed by atoms with van der Waals surface area (Å²) in [5, 5.41) is 19.2. The predicted octanol–water partition coefficient (Wildman–Crippen LogP) is 2.56. The van der Waals surface area contributed by atoms with Crippen LogP contribution in [0.1, 0.15) is 28.8 Å². The van der Waals surface area contributed by atoms with Gasteiger partial charge in [-0.3, -0.25) is 4.79 Å². The maximum Gasteiger partial charge on any atom is 0.257 e. The fourth-order valence-corrected chi connectivity index (χ4v) is 3.12. The molecule has 1 heterocycles. The lowest BCUT2D eigenvalue weighted by molar-refractivity contribution is 0.0713. The van der Waals surface area contributed by atoms with E-state index in [1.165, 1.54) is 0 Å². The number of aromatic hydroxyl groups is 1. The van der Waals surface area contributed by atoms with E-state index in [-0.39, 0.29) is 16.4 Å². The quantitative estimate of drug-likeness (QED) is 0.909. The number of nitriles is 1. The summed E-state index contributed by atoms with van der Waals surface area (Å²) in [4.78, 5) is 14.2. The van der Waals surface area contributed by atoms with Crippen LogP contribution in [0.5, 0.6) is 5.75 Å². The highest BCUT2D eigenvalue weighted by Crippen LogP contribution is 2.34. The van der Waals surface area contributed by atoms with Crippen LogP contribution in [0.15, 0.2) is 18.2 Å². The number of hydrogen-bond donors (Lipinski definition) is 1. The highest BCUT2D eigenvalue weighted by molar-refractivity contribution is 8.00. The third-order valence-corrected chi connectivity index (χ3v) is 5.20. The number of carbonyl (C=O) groups is 1. The summed E-state index contributed by atoms with van der Waals surface area (Å²) in [6.45, 7) is 2.89. The van der Waals surface area contributed by atoms with Crippen LogP contribution in [0.2, 0.25) is 0 Å². The van der Waals surface area contributed by atoms with Crippen LogP contribution < -0.4 is 0 Å². The lowest BCUT2D eigenvalue weighted by atomic mass is 9.96. The normalized spacial score (nSPS) is 17.6. The van der Waals surface area contributed by atoms with E-state index in [4.69, 9.17) is 0 Å². The number of aryl methyl sites for hydroxylation is 1. The molecule has 1 fully saturated rings. The van der Waals surface area contributed by atoms with E-state index in [9.17, 15) is 15.2 Å².